The Kier molecular flexibility index (Phi) is 8.40. The first-order valence-electron chi connectivity index (χ1n) is 10.5. The molecule has 2 aromatic heterocycles. The summed E-state index contributed by atoms with van der Waals surface area (Å²) < 4.78 is 12.9. The molecule has 2 heterocycles. The van der Waals surface area contributed by atoms with E-state index in [9.17, 15) is 4.79 Å². The number of hydrogen-bond acceptors (Lipinski definition) is 8. The molecule has 1 amide bonds. The van der Waals surface area contributed by atoms with Crippen LogP contribution in [0.25, 0.3) is 11.3 Å². The van der Waals surface area contributed by atoms with Crippen LogP contribution in [-0.4, -0.2) is 38.5 Å². The van der Waals surface area contributed by atoms with E-state index < -0.39 is 0 Å². The minimum Gasteiger partial charge on any atom is -0.497 e. The summed E-state index contributed by atoms with van der Waals surface area (Å²) in [6.45, 7) is 4.53. The second kappa shape index (κ2) is 11.9. The van der Waals surface area contributed by atoms with Crippen molar-refractivity contribution in [3.05, 3.63) is 77.4 Å². The molecule has 8 nitrogen and oxygen atoms in total. The second-order valence-electron chi connectivity index (χ2n) is 7.14. The number of carbonyl (C=O) groups excluding carboxylic acids is 1. The van der Waals surface area contributed by atoms with Crippen LogP contribution in [0.1, 0.15) is 5.82 Å². The molecule has 0 fully saturated rings. The normalized spacial score (nSPS) is 10.7. The number of allylic oxidation sites excluding steroid dienone is 1. The number of carbonyl (C=O) groups is 1. The van der Waals surface area contributed by atoms with Gasteiger partial charge in [0.05, 0.1) is 18.6 Å². The van der Waals surface area contributed by atoms with Crippen molar-refractivity contribution < 1.29 is 14.3 Å². The fraction of sp³-hybridized carbons (Fsp3) is 0.167. The Balaban J connectivity index is 1.33. The van der Waals surface area contributed by atoms with Crippen LogP contribution in [-0.2, 0) is 17.9 Å². The van der Waals surface area contributed by atoms with E-state index >= 15 is 0 Å². The highest BCUT2D eigenvalue weighted by Gasteiger charge is 2.15. The Morgan fingerprint density at radius 2 is 1.91 bits per heavy atom. The summed E-state index contributed by atoms with van der Waals surface area (Å²) >= 11 is 8.59. The van der Waals surface area contributed by atoms with Crippen LogP contribution < -0.4 is 14.8 Å². The molecule has 11 heteroatoms. The number of rotatable bonds is 11. The van der Waals surface area contributed by atoms with Crippen LogP contribution in [0.15, 0.2) is 71.7 Å². The van der Waals surface area contributed by atoms with E-state index in [1.807, 2.05) is 46.3 Å². The first-order valence-corrected chi connectivity index (χ1v) is 12.7. The average molecular weight is 528 g/mol. The summed E-state index contributed by atoms with van der Waals surface area (Å²) in [6.07, 6.45) is 1.75. The summed E-state index contributed by atoms with van der Waals surface area (Å²) in [5.41, 5.74) is 1.71. The maximum atomic E-state index is 12.5. The smallest absolute Gasteiger partial charge is 0.236 e. The van der Waals surface area contributed by atoms with Crippen LogP contribution in [0.3, 0.4) is 0 Å². The van der Waals surface area contributed by atoms with Gasteiger partial charge in [0.2, 0.25) is 5.91 Å². The van der Waals surface area contributed by atoms with Gasteiger partial charge in [-0.2, -0.15) is 0 Å². The summed E-state index contributed by atoms with van der Waals surface area (Å²) in [4.78, 5) is 17.0. The van der Waals surface area contributed by atoms with Crippen molar-refractivity contribution in [3.63, 3.8) is 0 Å². The van der Waals surface area contributed by atoms with Gasteiger partial charge < -0.3 is 14.8 Å². The Hall–Kier alpha value is -3.34. The van der Waals surface area contributed by atoms with Crippen molar-refractivity contribution in [2.24, 2.45) is 0 Å². The van der Waals surface area contributed by atoms with Gasteiger partial charge in [-0.25, -0.2) is 4.98 Å². The number of nitrogens with zero attached hydrogens (tertiary/aromatic N) is 4. The topological polar surface area (TPSA) is 91.2 Å². The zero-order valence-electron chi connectivity index (χ0n) is 18.8. The molecule has 0 bridgehead atoms. The fourth-order valence-electron chi connectivity index (χ4n) is 3.03. The molecule has 4 aromatic rings. The number of benzene rings is 2. The predicted molar refractivity (Wildman–Crippen MR) is 139 cm³/mol. The molecule has 0 saturated carbocycles. The molecule has 0 aliphatic heterocycles. The summed E-state index contributed by atoms with van der Waals surface area (Å²) in [7, 11) is 1.61. The van der Waals surface area contributed by atoms with Gasteiger partial charge in [-0.1, -0.05) is 41.6 Å². The minimum atomic E-state index is -0.184. The second-order valence-corrected chi connectivity index (χ2v) is 9.38. The summed E-state index contributed by atoms with van der Waals surface area (Å²) in [5, 5.41) is 15.0. The van der Waals surface area contributed by atoms with Crippen molar-refractivity contribution in [3.8, 4) is 22.8 Å². The van der Waals surface area contributed by atoms with Crippen molar-refractivity contribution in [1.29, 1.82) is 0 Å². The van der Waals surface area contributed by atoms with Crippen molar-refractivity contribution >= 4 is 45.7 Å². The molecule has 0 saturated heterocycles. The lowest BCUT2D eigenvalue weighted by molar-refractivity contribution is -0.113. The van der Waals surface area contributed by atoms with Gasteiger partial charge in [-0.15, -0.1) is 28.1 Å². The zero-order valence-corrected chi connectivity index (χ0v) is 21.2. The van der Waals surface area contributed by atoms with E-state index in [1.165, 1.54) is 23.1 Å². The fourth-order valence-corrected chi connectivity index (χ4v) is 4.66. The molecule has 180 valence electrons. The number of hydrogen-bond donors (Lipinski definition) is 1. The number of methoxy groups -OCH3 is 1. The monoisotopic (exact) mass is 527 g/mol. The number of thioether (sulfide) groups is 1. The SMILES string of the molecule is C=CCn1c(COc2ccc(OC)cc2)nnc1SCC(=O)Nc1nc(-c2ccc(Cl)cc2)cs1. The van der Waals surface area contributed by atoms with E-state index in [4.69, 9.17) is 21.1 Å². The Bertz CT molecular complexity index is 1290. The lowest BCUT2D eigenvalue weighted by Crippen LogP contribution is -2.15. The molecule has 0 aliphatic carbocycles. The molecule has 0 atom stereocenters. The Labute approximate surface area is 216 Å². The molecule has 0 spiro atoms. The van der Waals surface area contributed by atoms with Crippen LogP contribution in [0.5, 0.6) is 11.5 Å². The van der Waals surface area contributed by atoms with Gasteiger partial charge in [0.25, 0.3) is 0 Å². The molecule has 0 radical (unpaired) electrons. The van der Waals surface area contributed by atoms with E-state index in [0.717, 1.165) is 17.0 Å². The highest BCUT2D eigenvalue weighted by molar-refractivity contribution is 7.99. The van der Waals surface area contributed by atoms with Crippen LogP contribution in [0.2, 0.25) is 5.02 Å². The Morgan fingerprint density at radius 3 is 2.63 bits per heavy atom. The predicted octanol–water partition coefficient (Wildman–Crippen LogP) is 5.56. The largest absolute Gasteiger partial charge is 0.497 e. The Morgan fingerprint density at radius 1 is 1.17 bits per heavy atom. The van der Waals surface area contributed by atoms with E-state index in [0.29, 0.717) is 33.4 Å². The number of amides is 1. The lowest BCUT2D eigenvalue weighted by atomic mass is 10.2. The molecule has 2 aromatic carbocycles. The summed E-state index contributed by atoms with van der Waals surface area (Å²) in [5.74, 6) is 2.05. The number of nitrogens with one attached hydrogen (secondary N) is 1. The lowest BCUT2D eigenvalue weighted by Gasteiger charge is -2.09. The van der Waals surface area contributed by atoms with Crippen LogP contribution in [0.4, 0.5) is 5.13 Å². The van der Waals surface area contributed by atoms with E-state index in [-0.39, 0.29) is 18.3 Å². The third-order valence-corrected chi connectivity index (χ3v) is 6.73. The number of aromatic nitrogens is 4. The molecular formula is C24H22ClN5O3S2. The number of anilines is 1. The van der Waals surface area contributed by atoms with Gasteiger partial charge in [0.15, 0.2) is 16.1 Å². The van der Waals surface area contributed by atoms with Crippen molar-refractivity contribution in [2.75, 3.05) is 18.2 Å². The molecule has 4 rings (SSSR count). The van der Waals surface area contributed by atoms with Gasteiger partial charge in [0.1, 0.15) is 18.1 Å². The van der Waals surface area contributed by atoms with Gasteiger partial charge in [-0.05, 0) is 36.4 Å². The maximum absolute atomic E-state index is 12.5. The molecule has 35 heavy (non-hydrogen) atoms. The third-order valence-electron chi connectivity index (χ3n) is 4.76. The number of halogens is 1. The quantitative estimate of drug-likeness (QED) is 0.202. The molecule has 1 N–H and O–H groups in total. The van der Waals surface area contributed by atoms with Crippen LogP contribution in [0, 0.1) is 0 Å². The van der Waals surface area contributed by atoms with E-state index in [2.05, 4.69) is 27.1 Å². The summed E-state index contributed by atoms with van der Waals surface area (Å²) in [6, 6.07) is 14.7. The highest BCUT2D eigenvalue weighted by Crippen LogP contribution is 2.26. The molecule has 0 unspecified atom stereocenters. The third kappa shape index (κ3) is 6.62. The van der Waals surface area contributed by atoms with Gasteiger partial charge in [-0.3, -0.25) is 9.36 Å². The standard InChI is InChI=1S/C24H22ClN5O3S2/c1-3-12-30-21(13-33-19-10-8-18(32-2)9-11-19)28-29-24(30)35-15-22(31)27-23-26-20(14-34-23)16-4-6-17(25)7-5-16/h3-11,14H,1,12-13,15H2,2H3,(H,26,27,31). The van der Waals surface area contributed by atoms with Gasteiger partial charge in [0, 0.05) is 22.5 Å². The van der Waals surface area contributed by atoms with Gasteiger partial charge >= 0.3 is 0 Å². The highest BCUT2D eigenvalue weighted by atomic mass is 35.5. The maximum Gasteiger partial charge on any atom is 0.236 e. The molecular weight excluding hydrogens is 506 g/mol. The van der Waals surface area contributed by atoms with Crippen molar-refractivity contribution in [1.82, 2.24) is 19.7 Å². The zero-order chi connectivity index (χ0) is 24.6. The average Bonchev–Trinajstić information content (AvgIpc) is 3.49. The van der Waals surface area contributed by atoms with Crippen LogP contribution >= 0.6 is 34.7 Å². The number of thiazole rings is 1. The van der Waals surface area contributed by atoms with E-state index in [1.54, 1.807) is 25.3 Å². The first-order chi connectivity index (χ1) is 17.1. The number of ether oxygens (including phenoxy) is 2. The minimum absolute atomic E-state index is 0.157. The van der Waals surface area contributed by atoms with Crippen molar-refractivity contribution in [2.45, 2.75) is 18.3 Å². The molecule has 0 aliphatic rings. The first kappa shape index (κ1) is 24.8.